The molecule has 2 aromatic carbocycles. The quantitative estimate of drug-likeness (QED) is 0.324. The second-order valence-corrected chi connectivity index (χ2v) is 5.52. The molecule has 0 aliphatic carbocycles. The van der Waals surface area contributed by atoms with Crippen LogP contribution in [0.5, 0.6) is 17.2 Å². The first kappa shape index (κ1) is 20.0. The van der Waals surface area contributed by atoms with Crippen molar-refractivity contribution in [2.45, 2.75) is 19.8 Å². The first-order valence-electron chi connectivity index (χ1n) is 7.44. The summed E-state index contributed by atoms with van der Waals surface area (Å²) in [5, 5.41) is 77.2. The van der Waals surface area contributed by atoms with Gasteiger partial charge in [-0.25, -0.2) is 9.59 Å². The average molecular weight is 380 g/mol. The van der Waals surface area contributed by atoms with E-state index in [4.69, 9.17) is 0 Å². The number of hydrogen-bond acceptors (Lipinski definition) is 8. The van der Waals surface area contributed by atoms with E-state index >= 15 is 0 Å². The van der Waals surface area contributed by atoms with Crippen LogP contribution in [0.1, 0.15) is 37.4 Å². The number of benzene rings is 2. The fraction of sp³-hybridized carbons (Fsp3) is 0.176. The van der Waals surface area contributed by atoms with E-state index in [1.165, 1.54) is 0 Å². The van der Waals surface area contributed by atoms with E-state index in [0.29, 0.717) is 6.07 Å². The second kappa shape index (κ2) is 7.50. The predicted octanol–water partition coefficient (Wildman–Crippen LogP) is 0.344. The van der Waals surface area contributed by atoms with Crippen LogP contribution in [0.25, 0.3) is 11.1 Å². The molecule has 0 aliphatic rings. The zero-order valence-electron chi connectivity index (χ0n) is 13.7. The van der Waals surface area contributed by atoms with Crippen LogP contribution < -0.4 is 0 Å². The van der Waals surface area contributed by atoms with Gasteiger partial charge in [-0.15, -0.1) is 0 Å². The molecule has 0 amide bonds. The first-order valence-corrected chi connectivity index (χ1v) is 7.44. The molecule has 144 valence electrons. The van der Waals surface area contributed by atoms with Gasteiger partial charge in [0, 0.05) is 11.1 Å². The molecule has 0 radical (unpaired) electrons. The largest absolute Gasteiger partial charge is 0.504 e. The van der Waals surface area contributed by atoms with E-state index in [1.807, 2.05) is 0 Å². The molecule has 0 fully saturated rings. The van der Waals surface area contributed by atoms with E-state index < -0.39 is 71.3 Å². The molecule has 0 aromatic heterocycles. The van der Waals surface area contributed by atoms with Gasteiger partial charge in [0.05, 0.1) is 30.9 Å². The zero-order valence-corrected chi connectivity index (χ0v) is 13.7. The van der Waals surface area contributed by atoms with E-state index in [1.54, 1.807) is 0 Å². The topological polar surface area (TPSA) is 196 Å². The summed E-state index contributed by atoms with van der Waals surface area (Å²) >= 11 is 0. The number of aliphatic hydroxyl groups excluding tert-OH is 3. The molecular formula is C17H16O10. The van der Waals surface area contributed by atoms with Crippen LogP contribution in [0.2, 0.25) is 0 Å². The predicted molar refractivity (Wildman–Crippen MR) is 88.6 cm³/mol. The molecule has 0 spiro atoms. The van der Waals surface area contributed by atoms with E-state index in [2.05, 4.69) is 0 Å². The van der Waals surface area contributed by atoms with Crippen molar-refractivity contribution in [3.05, 3.63) is 39.9 Å². The third-order valence-corrected chi connectivity index (χ3v) is 4.09. The summed E-state index contributed by atoms with van der Waals surface area (Å²) in [6.45, 7) is -2.28. The number of hydrogen-bond donors (Lipinski definition) is 8. The standard InChI is InChI=1S/C17H16O10/c18-3-6-1-7(16(24)25)12(10(5-20)9(6)4-19)13-8(17(26)27)2-11(21)14(22)15(13)23/h1-2,18-23H,3-5H2,(H,24,25)(H,26,27). The molecule has 0 saturated carbocycles. The SMILES string of the molecule is O=C(O)c1cc(O)c(O)c(O)c1-c1c(C(=O)O)cc(CO)c(CO)c1CO. The van der Waals surface area contributed by atoms with Crippen LogP contribution in [-0.2, 0) is 19.8 Å². The Balaban J connectivity index is 3.13. The lowest BCUT2D eigenvalue weighted by atomic mass is 9.85. The minimum atomic E-state index is -1.66. The fourth-order valence-corrected chi connectivity index (χ4v) is 2.87. The van der Waals surface area contributed by atoms with Crippen LogP contribution in [-0.4, -0.2) is 52.8 Å². The Bertz CT molecular complexity index is 932. The maximum absolute atomic E-state index is 11.7. The zero-order chi connectivity index (χ0) is 20.5. The summed E-state index contributed by atoms with van der Waals surface area (Å²) < 4.78 is 0. The Kier molecular flexibility index (Phi) is 5.55. The molecule has 0 aliphatic heterocycles. The molecule has 2 aromatic rings. The van der Waals surface area contributed by atoms with Crippen molar-refractivity contribution >= 4 is 11.9 Å². The number of aliphatic hydroxyl groups is 3. The monoisotopic (exact) mass is 380 g/mol. The van der Waals surface area contributed by atoms with Gasteiger partial charge in [0.15, 0.2) is 11.5 Å². The van der Waals surface area contributed by atoms with Gasteiger partial charge in [-0.3, -0.25) is 0 Å². The van der Waals surface area contributed by atoms with Gasteiger partial charge in [-0.2, -0.15) is 0 Å². The Labute approximate surface area is 151 Å². The van der Waals surface area contributed by atoms with Gasteiger partial charge in [0.1, 0.15) is 0 Å². The number of rotatable bonds is 6. The molecule has 27 heavy (non-hydrogen) atoms. The van der Waals surface area contributed by atoms with Crippen LogP contribution in [0.15, 0.2) is 12.1 Å². The normalized spacial score (nSPS) is 10.8. The van der Waals surface area contributed by atoms with Crippen LogP contribution in [0, 0.1) is 0 Å². The third-order valence-electron chi connectivity index (χ3n) is 4.09. The number of carboxylic acids is 2. The Hall–Kier alpha value is -3.34. The van der Waals surface area contributed by atoms with Crippen LogP contribution in [0.4, 0.5) is 0 Å². The molecule has 10 nitrogen and oxygen atoms in total. The number of carboxylic acid groups (broad SMARTS) is 2. The van der Waals surface area contributed by atoms with Crippen molar-refractivity contribution in [2.75, 3.05) is 0 Å². The second-order valence-electron chi connectivity index (χ2n) is 5.52. The summed E-state index contributed by atoms with van der Waals surface area (Å²) in [5.74, 6) is -6.41. The average Bonchev–Trinajstić information content (AvgIpc) is 2.63. The highest BCUT2D eigenvalue weighted by Gasteiger charge is 2.30. The molecule has 8 N–H and O–H groups in total. The summed E-state index contributed by atoms with van der Waals surface area (Å²) in [7, 11) is 0. The maximum Gasteiger partial charge on any atom is 0.336 e. The minimum absolute atomic E-state index is 0.0259. The van der Waals surface area contributed by atoms with Crippen molar-refractivity contribution in [2.24, 2.45) is 0 Å². The van der Waals surface area contributed by atoms with Crippen molar-refractivity contribution in [3.8, 4) is 28.4 Å². The Morgan fingerprint density at radius 3 is 1.67 bits per heavy atom. The van der Waals surface area contributed by atoms with Gasteiger partial charge >= 0.3 is 11.9 Å². The molecular weight excluding hydrogens is 364 g/mol. The van der Waals surface area contributed by atoms with Gasteiger partial charge in [0.2, 0.25) is 5.75 Å². The third kappa shape index (κ3) is 3.24. The summed E-state index contributed by atoms with van der Waals surface area (Å²) in [6.07, 6.45) is 0. The van der Waals surface area contributed by atoms with E-state index in [-0.39, 0.29) is 16.7 Å². The summed E-state index contributed by atoms with van der Waals surface area (Å²) in [6, 6.07) is 1.56. The Morgan fingerprint density at radius 1 is 0.704 bits per heavy atom. The van der Waals surface area contributed by atoms with E-state index in [0.717, 1.165) is 6.07 Å². The van der Waals surface area contributed by atoms with E-state index in [9.17, 15) is 50.4 Å². The summed E-state index contributed by atoms with van der Waals surface area (Å²) in [5.41, 5.74) is -2.84. The van der Waals surface area contributed by atoms with Crippen molar-refractivity contribution in [1.82, 2.24) is 0 Å². The molecule has 0 saturated heterocycles. The lowest BCUT2D eigenvalue weighted by molar-refractivity contribution is 0.0683. The van der Waals surface area contributed by atoms with Crippen LogP contribution in [0.3, 0.4) is 0 Å². The number of carbonyl (C=O) groups is 2. The van der Waals surface area contributed by atoms with Gasteiger partial charge in [-0.1, -0.05) is 0 Å². The number of phenols is 3. The lowest BCUT2D eigenvalue weighted by Gasteiger charge is -2.21. The van der Waals surface area contributed by atoms with Crippen molar-refractivity contribution in [3.63, 3.8) is 0 Å². The minimum Gasteiger partial charge on any atom is -0.504 e. The first-order chi connectivity index (χ1) is 12.7. The molecule has 10 heteroatoms. The van der Waals surface area contributed by atoms with Crippen LogP contribution >= 0.6 is 0 Å². The van der Waals surface area contributed by atoms with Gasteiger partial charge in [-0.05, 0) is 28.8 Å². The van der Waals surface area contributed by atoms with Gasteiger partial charge in [0.25, 0.3) is 0 Å². The van der Waals surface area contributed by atoms with Crippen molar-refractivity contribution < 1.29 is 50.4 Å². The number of phenolic OH excluding ortho intramolecular Hbond substituents is 3. The number of aromatic carboxylic acids is 2. The summed E-state index contributed by atoms with van der Waals surface area (Å²) in [4.78, 5) is 23.3. The molecule has 0 bridgehead atoms. The molecule has 2 rings (SSSR count). The maximum atomic E-state index is 11.7. The molecule has 0 unspecified atom stereocenters. The highest BCUT2D eigenvalue weighted by Crippen LogP contribution is 2.47. The molecule has 0 heterocycles. The number of aromatic hydroxyl groups is 3. The highest BCUT2D eigenvalue weighted by atomic mass is 16.4. The highest BCUT2D eigenvalue weighted by molar-refractivity contribution is 6.06. The lowest BCUT2D eigenvalue weighted by Crippen LogP contribution is -2.12. The van der Waals surface area contributed by atoms with Gasteiger partial charge < -0.3 is 40.9 Å². The van der Waals surface area contributed by atoms with Crippen molar-refractivity contribution in [1.29, 1.82) is 0 Å². The molecule has 0 atom stereocenters. The smallest absolute Gasteiger partial charge is 0.336 e. The fourth-order valence-electron chi connectivity index (χ4n) is 2.87. The Morgan fingerprint density at radius 2 is 1.22 bits per heavy atom.